The van der Waals surface area contributed by atoms with Crippen molar-refractivity contribution in [1.29, 1.82) is 0 Å². The molecule has 6 N–H and O–H groups in total. The minimum Gasteiger partial charge on any atom is -0.508 e. The Morgan fingerprint density at radius 1 is 0.480 bits per heavy atom. The van der Waals surface area contributed by atoms with Gasteiger partial charge < -0.3 is 73.3 Å². The second-order valence-corrected chi connectivity index (χ2v) is 25.9. The lowest BCUT2D eigenvalue weighted by Crippen LogP contribution is -2.55. The van der Waals surface area contributed by atoms with Gasteiger partial charge in [-0.05, 0) is 144 Å². The predicted octanol–water partition coefficient (Wildman–Crippen LogP) is 12.4. The highest BCUT2D eigenvalue weighted by Gasteiger charge is 2.50. The van der Waals surface area contributed by atoms with E-state index in [4.69, 9.17) is 82.5 Å². The number of aryl methyl sites for hydroxylation is 1. The normalized spacial score (nSPS) is 25.5. The Kier molecular flexibility index (Phi) is 32.2. The van der Waals surface area contributed by atoms with Crippen LogP contribution in [0.15, 0.2) is 127 Å². The van der Waals surface area contributed by atoms with Crippen molar-refractivity contribution in [2.24, 2.45) is 11.8 Å². The molecule has 4 fully saturated rings. The molecule has 534 valence electrons. The van der Waals surface area contributed by atoms with Gasteiger partial charge >= 0.3 is 23.9 Å². The minimum atomic E-state index is -1.42. The van der Waals surface area contributed by atoms with Crippen molar-refractivity contribution in [3.8, 4) is 11.5 Å². The van der Waals surface area contributed by atoms with Crippen molar-refractivity contribution >= 4 is 58.7 Å². The van der Waals surface area contributed by atoms with E-state index in [0.29, 0.717) is 39.9 Å². The lowest BCUT2D eigenvalue weighted by atomic mass is 9.84. The van der Waals surface area contributed by atoms with Gasteiger partial charge in [-0.25, -0.2) is 0 Å². The van der Waals surface area contributed by atoms with Crippen LogP contribution in [-0.4, -0.2) is 150 Å². The smallest absolute Gasteiger partial charge is 0.303 e. The van der Waals surface area contributed by atoms with Crippen LogP contribution in [0.5, 0.6) is 11.5 Å². The van der Waals surface area contributed by atoms with E-state index in [0.717, 1.165) is 83.4 Å². The van der Waals surface area contributed by atoms with Gasteiger partial charge in [0.25, 0.3) is 0 Å². The summed E-state index contributed by atoms with van der Waals surface area (Å²) in [4.78, 5) is 47.5. The van der Waals surface area contributed by atoms with Crippen molar-refractivity contribution < 1.29 is 92.4 Å². The molecule has 19 nitrogen and oxygen atoms in total. The van der Waals surface area contributed by atoms with E-state index in [1.165, 1.54) is 46.1 Å². The Morgan fingerprint density at radius 3 is 1.16 bits per heavy atom. The zero-order chi connectivity index (χ0) is 71.9. The average Bonchev–Trinajstić information content (AvgIpc) is 0.901. The molecule has 15 atom stereocenters. The maximum absolute atomic E-state index is 11.9. The molecule has 4 aliphatic rings. The van der Waals surface area contributed by atoms with Gasteiger partial charge in [0.05, 0.1) is 25.9 Å². The molecule has 22 heteroatoms. The summed E-state index contributed by atoms with van der Waals surface area (Å²) in [5.74, 6) is -1.07. The molecule has 4 heterocycles. The third-order valence-electron chi connectivity index (χ3n) is 17.4. The molecule has 0 spiro atoms. The number of aromatic hydroxyl groups is 1. The fourth-order valence-corrected chi connectivity index (χ4v) is 12.9. The van der Waals surface area contributed by atoms with Crippen molar-refractivity contribution in [1.82, 2.24) is 0 Å². The molecule has 0 aromatic heterocycles. The molecule has 0 saturated carbocycles. The molecule has 0 bridgehead atoms. The summed E-state index contributed by atoms with van der Waals surface area (Å²) in [5.41, 5.74) is 9.26. The monoisotopic (exact) mass is 1420 g/mol. The molecule has 98 heavy (non-hydrogen) atoms. The highest BCUT2D eigenvalue weighted by atomic mass is 35.5. The van der Waals surface area contributed by atoms with E-state index >= 15 is 0 Å². The zero-order valence-corrected chi connectivity index (χ0v) is 59.7. The van der Waals surface area contributed by atoms with Gasteiger partial charge in [-0.3, -0.25) is 19.2 Å². The van der Waals surface area contributed by atoms with Crippen LogP contribution in [-0.2, 0) is 76.3 Å². The third-order valence-corrected chi connectivity index (χ3v) is 18.5. The number of phenolic OH excluding ortho intramolecular Hbond substituents is 1. The van der Waals surface area contributed by atoms with Gasteiger partial charge in [-0.1, -0.05) is 153 Å². The van der Waals surface area contributed by atoms with E-state index in [1.807, 2.05) is 94.4 Å². The number of phenols is 1. The molecule has 0 radical (unpaired) electrons. The standard InChI is InChI=1S/C26H31ClO5.C25H29ClO6.C20H23ClO6.C4H8O.CH4O/c1-6-23-16(3)24(30-17(4)28)26(31-18(5)29)25(32-23)20-11-12-22(27)21(14-20)13-19-9-7-15(2)8-10-19;1-5-22-14(2)23(30-15(3)27)25(31-16(4)28)24(32-22)18-8-11-21(26)19(13-18)12-17-6-9-20(29)10-7-17;1-26-14-5-2-11(3-6-14)8-13-9-12(4-7-15(13)21)20-19(25)18(24)17(23)16(10-22)27-20;1-2-4-5-3-1;1-2/h7-12,14,16,23-26H,6,13H2,1-5H3;6-11,13-14,22-25,29H,5,12H2,1-4H3;2-7,9,16-20,22-25H,8,10H2,1H3;1-4H2;2H,1H3/t16-,23-,24+,25+,26-;14-,22-,23+,24+,25-;16-,17-,18+,19-,20+;;/m111../s1. The minimum absolute atomic E-state index is 0.121. The number of aliphatic hydroxyl groups excluding tert-OH is 5. The molecule has 0 aliphatic carbocycles. The number of rotatable bonds is 17. The van der Waals surface area contributed by atoms with Crippen LogP contribution in [0.4, 0.5) is 0 Å². The molecular formula is C76H95Cl3O19. The molecule has 6 aromatic rings. The van der Waals surface area contributed by atoms with Gasteiger partial charge in [0.15, 0.2) is 12.2 Å². The first kappa shape index (κ1) is 80.3. The van der Waals surface area contributed by atoms with Gasteiger partial charge in [0.2, 0.25) is 0 Å². The third kappa shape index (κ3) is 22.7. The number of methoxy groups -OCH3 is 1. The topological polar surface area (TPSA) is 273 Å². The Hall–Kier alpha value is -6.69. The Labute approximate surface area is 590 Å². The summed E-state index contributed by atoms with van der Waals surface area (Å²) >= 11 is 19.3. The van der Waals surface area contributed by atoms with E-state index in [2.05, 4.69) is 31.2 Å². The van der Waals surface area contributed by atoms with Gasteiger partial charge in [0.1, 0.15) is 66.4 Å². The number of halogens is 3. The first-order valence-corrected chi connectivity index (χ1v) is 34.1. The van der Waals surface area contributed by atoms with Gasteiger partial charge in [-0.2, -0.15) is 0 Å². The number of benzene rings is 6. The molecule has 0 amide bonds. The zero-order valence-electron chi connectivity index (χ0n) is 57.5. The Bertz CT molecular complexity index is 3310. The first-order valence-electron chi connectivity index (χ1n) is 33.0. The molecule has 10 rings (SSSR count). The van der Waals surface area contributed by atoms with Gasteiger partial charge in [0, 0.05) is 74.9 Å². The molecule has 4 saturated heterocycles. The summed E-state index contributed by atoms with van der Waals surface area (Å²) < 4.78 is 51.1. The number of esters is 4. The van der Waals surface area contributed by atoms with Crippen LogP contribution >= 0.6 is 34.8 Å². The number of carbonyl (C=O) groups is 4. The average molecular weight is 1420 g/mol. The van der Waals surface area contributed by atoms with Crippen molar-refractivity contribution in [3.05, 3.63) is 198 Å². The highest BCUT2D eigenvalue weighted by molar-refractivity contribution is 6.32. The van der Waals surface area contributed by atoms with Crippen LogP contribution in [0, 0.1) is 18.8 Å². The SMILES string of the molecule is C1CCOC1.CC[C@H]1O[C@@H](c2ccc(Cl)c(Cc3ccc(C)cc3)c2)[C@H](OC(C)=O)[C@@H](OC(C)=O)[C@@H]1C.CC[C@H]1O[C@@H](c2ccc(Cl)c(Cc3ccc(O)cc3)c2)[C@H](OC(C)=O)[C@@H](OC(C)=O)[C@@H]1C.CO.COc1ccc(Cc2cc([C@@H]3O[C@H](CO)[C@@H](O)[C@H](O)[C@H]3O)ccc2Cl)cc1. The summed E-state index contributed by atoms with van der Waals surface area (Å²) in [7, 11) is 2.61. The van der Waals surface area contributed by atoms with Crippen LogP contribution in [0.1, 0.15) is 155 Å². The molecule has 6 aromatic carbocycles. The summed E-state index contributed by atoms with van der Waals surface area (Å²) in [6.45, 7) is 16.9. The van der Waals surface area contributed by atoms with Crippen LogP contribution < -0.4 is 4.74 Å². The van der Waals surface area contributed by atoms with Crippen LogP contribution in [0.25, 0.3) is 0 Å². The number of ether oxygens (including phenoxy) is 9. The lowest BCUT2D eigenvalue weighted by Gasteiger charge is -2.44. The van der Waals surface area contributed by atoms with Gasteiger partial charge in [-0.15, -0.1) is 0 Å². The maximum Gasteiger partial charge on any atom is 0.303 e. The summed E-state index contributed by atoms with van der Waals surface area (Å²) in [6.07, 6.45) is -4.41. The Balaban J connectivity index is 0.000000221. The largest absolute Gasteiger partial charge is 0.508 e. The number of aliphatic hydroxyl groups is 5. The second kappa shape index (κ2) is 39.3. The second-order valence-electron chi connectivity index (χ2n) is 24.7. The molecular weight excluding hydrogens is 1320 g/mol. The fourth-order valence-electron chi connectivity index (χ4n) is 12.3. The number of hydrogen-bond acceptors (Lipinski definition) is 19. The van der Waals surface area contributed by atoms with Crippen molar-refractivity contribution in [3.63, 3.8) is 0 Å². The van der Waals surface area contributed by atoms with E-state index in [1.54, 1.807) is 43.5 Å². The Morgan fingerprint density at radius 2 is 0.827 bits per heavy atom. The van der Waals surface area contributed by atoms with Crippen LogP contribution in [0.2, 0.25) is 15.1 Å². The molecule has 4 aliphatic heterocycles. The van der Waals surface area contributed by atoms with E-state index in [-0.39, 0.29) is 29.8 Å². The summed E-state index contributed by atoms with van der Waals surface area (Å²) in [5, 5.41) is 58.0. The lowest BCUT2D eigenvalue weighted by molar-refractivity contribution is -0.231. The van der Waals surface area contributed by atoms with Crippen molar-refractivity contribution in [2.45, 2.75) is 187 Å². The maximum atomic E-state index is 11.9. The highest BCUT2D eigenvalue weighted by Crippen LogP contribution is 2.43. The number of hydrogen-bond donors (Lipinski definition) is 6. The van der Waals surface area contributed by atoms with E-state index in [9.17, 15) is 44.7 Å². The quantitative estimate of drug-likeness (QED) is 0.0366. The predicted molar refractivity (Wildman–Crippen MR) is 372 cm³/mol. The van der Waals surface area contributed by atoms with E-state index < -0.39 is 97.6 Å². The van der Waals surface area contributed by atoms with Crippen LogP contribution in [0.3, 0.4) is 0 Å². The molecule has 0 unspecified atom stereocenters. The summed E-state index contributed by atoms with van der Waals surface area (Å²) in [6, 6.07) is 39.4. The van der Waals surface area contributed by atoms with Crippen molar-refractivity contribution in [2.75, 3.05) is 34.0 Å². The number of carbonyl (C=O) groups excluding carboxylic acids is 4. The first-order chi connectivity index (χ1) is 46.8. The fraction of sp³-hybridized carbons (Fsp3) is 0.474.